The lowest BCUT2D eigenvalue weighted by molar-refractivity contribution is -0.139. The molecule has 150 valence electrons. The number of rotatable bonds is 5. The van der Waals surface area contributed by atoms with Crippen LogP contribution in [-0.4, -0.2) is 47.5 Å². The van der Waals surface area contributed by atoms with Gasteiger partial charge in [0.05, 0.1) is 0 Å². The highest BCUT2D eigenvalue weighted by atomic mass is 19.1. The fraction of sp³-hybridized carbons (Fsp3) is 0.435. The molecule has 2 atom stereocenters. The maximum absolute atomic E-state index is 13.1. The number of amides is 1. The van der Waals surface area contributed by atoms with Gasteiger partial charge in [-0.2, -0.15) is 0 Å². The van der Waals surface area contributed by atoms with Gasteiger partial charge in [-0.1, -0.05) is 18.2 Å². The van der Waals surface area contributed by atoms with Crippen molar-refractivity contribution in [3.63, 3.8) is 0 Å². The second kappa shape index (κ2) is 8.74. The molecule has 0 N–H and O–H groups in total. The first kappa shape index (κ1) is 20.3. The number of hydrogen-bond donors (Lipinski definition) is 0. The van der Waals surface area contributed by atoms with E-state index in [-0.39, 0.29) is 30.4 Å². The summed E-state index contributed by atoms with van der Waals surface area (Å²) < 4.78 is 18.9. The minimum Gasteiger partial charge on any atom is -0.484 e. The van der Waals surface area contributed by atoms with E-state index >= 15 is 0 Å². The molecule has 1 fully saturated rings. The van der Waals surface area contributed by atoms with Gasteiger partial charge >= 0.3 is 0 Å². The van der Waals surface area contributed by atoms with E-state index in [2.05, 4.69) is 24.8 Å². The summed E-state index contributed by atoms with van der Waals surface area (Å²) in [4.78, 5) is 17.0. The Morgan fingerprint density at radius 2 is 1.68 bits per heavy atom. The monoisotopic (exact) mass is 384 g/mol. The van der Waals surface area contributed by atoms with E-state index in [1.807, 2.05) is 43.0 Å². The van der Waals surface area contributed by atoms with Crippen LogP contribution in [0.2, 0.25) is 0 Å². The third-order valence-corrected chi connectivity index (χ3v) is 5.29. The number of nitrogens with zero attached hydrogens (tertiary/aromatic N) is 2. The predicted octanol–water partition coefficient (Wildman–Crippen LogP) is 3.94. The van der Waals surface area contributed by atoms with Crippen molar-refractivity contribution in [3.8, 4) is 5.75 Å². The molecule has 1 saturated heterocycles. The Kier molecular flexibility index (Phi) is 6.35. The molecule has 3 rings (SSSR count). The summed E-state index contributed by atoms with van der Waals surface area (Å²) in [7, 11) is 0. The molecule has 1 aliphatic rings. The van der Waals surface area contributed by atoms with E-state index in [4.69, 9.17) is 4.74 Å². The zero-order chi connectivity index (χ0) is 20.3. The van der Waals surface area contributed by atoms with Crippen LogP contribution >= 0.6 is 0 Å². The zero-order valence-electron chi connectivity index (χ0n) is 17.1. The summed E-state index contributed by atoms with van der Waals surface area (Å²) in [5, 5.41) is 0. The van der Waals surface area contributed by atoms with Crippen molar-refractivity contribution in [3.05, 3.63) is 65.0 Å². The van der Waals surface area contributed by atoms with Gasteiger partial charge in [0.25, 0.3) is 5.91 Å². The van der Waals surface area contributed by atoms with E-state index in [1.54, 1.807) is 0 Å². The lowest BCUT2D eigenvalue weighted by Gasteiger charge is -2.44. The molecule has 28 heavy (non-hydrogen) atoms. The SMILES string of the molecule is Cc1cc(C)cc(OCC(=O)N2CC(C)N(Cc3ccc(F)cc3)CC2C)c1. The average molecular weight is 384 g/mol. The highest BCUT2D eigenvalue weighted by molar-refractivity contribution is 5.78. The van der Waals surface area contributed by atoms with Crippen LogP contribution in [0.15, 0.2) is 42.5 Å². The Bertz CT molecular complexity index is 802. The van der Waals surface area contributed by atoms with Crippen LogP contribution in [0.3, 0.4) is 0 Å². The molecular formula is C23H29FN2O2. The van der Waals surface area contributed by atoms with E-state index < -0.39 is 0 Å². The number of benzene rings is 2. The normalized spacial score (nSPS) is 20.2. The largest absolute Gasteiger partial charge is 0.484 e. The van der Waals surface area contributed by atoms with Crippen molar-refractivity contribution in [2.75, 3.05) is 19.7 Å². The number of ether oxygens (including phenoxy) is 1. The Labute approximate surface area is 166 Å². The molecule has 1 amide bonds. The first-order chi connectivity index (χ1) is 13.3. The second-order valence-corrected chi connectivity index (χ2v) is 7.91. The van der Waals surface area contributed by atoms with Gasteiger partial charge in [0.2, 0.25) is 0 Å². The van der Waals surface area contributed by atoms with Crippen LogP contribution in [0.4, 0.5) is 4.39 Å². The van der Waals surface area contributed by atoms with E-state index in [0.29, 0.717) is 6.54 Å². The maximum atomic E-state index is 13.1. The Morgan fingerprint density at radius 1 is 1.04 bits per heavy atom. The number of hydrogen-bond acceptors (Lipinski definition) is 3. The third-order valence-electron chi connectivity index (χ3n) is 5.29. The summed E-state index contributed by atoms with van der Waals surface area (Å²) in [6.45, 7) is 10.5. The minimum absolute atomic E-state index is 0.0138. The molecule has 0 spiro atoms. The summed E-state index contributed by atoms with van der Waals surface area (Å²) in [6, 6.07) is 12.9. The zero-order valence-corrected chi connectivity index (χ0v) is 17.1. The maximum Gasteiger partial charge on any atom is 0.260 e. The number of piperazine rings is 1. The van der Waals surface area contributed by atoms with E-state index in [0.717, 1.165) is 35.5 Å². The summed E-state index contributed by atoms with van der Waals surface area (Å²) in [5.74, 6) is 0.533. The molecule has 1 aliphatic heterocycles. The molecular weight excluding hydrogens is 355 g/mol. The topological polar surface area (TPSA) is 32.8 Å². The number of halogens is 1. The van der Waals surface area contributed by atoms with Crippen LogP contribution in [0.5, 0.6) is 5.75 Å². The Morgan fingerprint density at radius 3 is 2.32 bits per heavy atom. The standard InChI is InChI=1S/C23H29FN2O2/c1-16-9-17(2)11-22(10-16)28-15-23(27)26-13-18(3)25(12-19(26)4)14-20-5-7-21(24)8-6-20/h5-11,18-19H,12-15H2,1-4H3. The van der Waals surface area contributed by atoms with Gasteiger partial charge in [0.15, 0.2) is 6.61 Å². The third kappa shape index (κ3) is 5.10. The highest BCUT2D eigenvalue weighted by Crippen LogP contribution is 2.20. The minimum atomic E-state index is -0.218. The van der Waals surface area contributed by atoms with Crippen LogP contribution < -0.4 is 4.74 Å². The van der Waals surface area contributed by atoms with Crippen molar-refractivity contribution in [2.24, 2.45) is 0 Å². The van der Waals surface area contributed by atoms with E-state index in [9.17, 15) is 9.18 Å². The van der Waals surface area contributed by atoms with Crippen LogP contribution in [-0.2, 0) is 11.3 Å². The highest BCUT2D eigenvalue weighted by Gasteiger charge is 2.32. The van der Waals surface area contributed by atoms with Gasteiger partial charge in [-0.25, -0.2) is 4.39 Å². The van der Waals surface area contributed by atoms with Gasteiger partial charge in [-0.15, -0.1) is 0 Å². The molecule has 4 nitrogen and oxygen atoms in total. The summed E-state index contributed by atoms with van der Waals surface area (Å²) >= 11 is 0. The average Bonchev–Trinajstić information content (AvgIpc) is 2.63. The van der Waals surface area contributed by atoms with Crippen LogP contribution in [0.1, 0.15) is 30.5 Å². The first-order valence-corrected chi connectivity index (χ1v) is 9.81. The number of carbonyl (C=O) groups is 1. The fourth-order valence-corrected chi connectivity index (χ4v) is 3.83. The predicted molar refractivity (Wildman–Crippen MR) is 109 cm³/mol. The molecule has 0 bridgehead atoms. The van der Waals surface area contributed by atoms with Gasteiger partial charge < -0.3 is 9.64 Å². The summed E-state index contributed by atoms with van der Waals surface area (Å²) in [6.07, 6.45) is 0. The van der Waals surface area contributed by atoms with E-state index in [1.165, 1.54) is 12.1 Å². The molecule has 1 heterocycles. The molecule has 2 aromatic carbocycles. The van der Waals surface area contributed by atoms with Gasteiger partial charge in [-0.05, 0) is 68.7 Å². The summed E-state index contributed by atoms with van der Waals surface area (Å²) in [5.41, 5.74) is 3.33. The Balaban J connectivity index is 1.56. The van der Waals surface area contributed by atoms with Gasteiger partial charge in [0.1, 0.15) is 11.6 Å². The lowest BCUT2D eigenvalue weighted by atomic mass is 10.1. The first-order valence-electron chi connectivity index (χ1n) is 9.81. The quantitative estimate of drug-likeness (QED) is 0.783. The van der Waals surface area contributed by atoms with Crippen molar-refractivity contribution < 1.29 is 13.9 Å². The van der Waals surface area contributed by atoms with Crippen molar-refractivity contribution in [1.82, 2.24) is 9.80 Å². The van der Waals surface area contributed by atoms with Gasteiger partial charge in [-0.3, -0.25) is 9.69 Å². The molecule has 2 aromatic rings. The Hall–Kier alpha value is -2.40. The van der Waals surface area contributed by atoms with Crippen LogP contribution in [0.25, 0.3) is 0 Å². The van der Waals surface area contributed by atoms with Crippen molar-refractivity contribution >= 4 is 5.91 Å². The fourth-order valence-electron chi connectivity index (χ4n) is 3.83. The smallest absolute Gasteiger partial charge is 0.260 e. The van der Waals surface area contributed by atoms with Gasteiger partial charge in [0, 0.05) is 31.7 Å². The molecule has 5 heteroatoms. The molecule has 0 aliphatic carbocycles. The van der Waals surface area contributed by atoms with Crippen molar-refractivity contribution in [1.29, 1.82) is 0 Å². The molecule has 0 aromatic heterocycles. The number of carbonyl (C=O) groups excluding carboxylic acids is 1. The molecule has 2 unspecified atom stereocenters. The van der Waals surface area contributed by atoms with Crippen LogP contribution in [0, 0.1) is 19.7 Å². The number of aryl methyl sites for hydroxylation is 2. The molecule has 0 saturated carbocycles. The second-order valence-electron chi connectivity index (χ2n) is 7.91. The lowest BCUT2D eigenvalue weighted by Crippen LogP contribution is -2.58. The molecule has 0 radical (unpaired) electrons. The van der Waals surface area contributed by atoms with Crippen molar-refractivity contribution in [2.45, 2.75) is 46.3 Å².